The Morgan fingerprint density at radius 3 is 2.62 bits per heavy atom. The van der Waals surface area contributed by atoms with Crippen molar-refractivity contribution in [1.29, 1.82) is 0 Å². The van der Waals surface area contributed by atoms with Gasteiger partial charge in [-0.2, -0.15) is 0 Å². The van der Waals surface area contributed by atoms with Gasteiger partial charge in [-0.1, -0.05) is 0 Å². The predicted molar refractivity (Wildman–Crippen MR) is 29.8 cm³/mol. The van der Waals surface area contributed by atoms with Crippen LogP contribution in [0.1, 0.15) is 6.92 Å². The molecule has 0 aromatic heterocycles. The second-order valence-electron chi connectivity index (χ2n) is 1.10. The van der Waals surface area contributed by atoms with Gasteiger partial charge in [0, 0.05) is 0 Å². The van der Waals surface area contributed by atoms with Crippen molar-refractivity contribution in [3.05, 3.63) is 0 Å². The Morgan fingerprint density at radius 1 is 1.38 bits per heavy atom. The van der Waals surface area contributed by atoms with Crippen LogP contribution in [-0.4, -0.2) is 20.4 Å². The first-order valence-electron chi connectivity index (χ1n) is 2.55. The predicted octanol–water partition coefficient (Wildman–Crippen LogP) is -0.364. The van der Waals surface area contributed by atoms with E-state index in [1.54, 1.807) is 7.05 Å². The summed E-state index contributed by atoms with van der Waals surface area (Å²) in [5.41, 5.74) is 5.36. The van der Waals surface area contributed by atoms with Gasteiger partial charge >= 0.3 is 0 Å². The van der Waals surface area contributed by atoms with Crippen LogP contribution >= 0.6 is 0 Å². The number of hydrazine groups is 1. The molecule has 50 valence electrons. The zero-order chi connectivity index (χ0) is 6.24. The van der Waals surface area contributed by atoms with E-state index in [0.29, 0.717) is 13.3 Å². The van der Waals surface area contributed by atoms with Gasteiger partial charge in [0.1, 0.15) is 6.73 Å². The normalized spacial score (nSPS) is 9.75. The first-order valence-corrected chi connectivity index (χ1v) is 2.55. The molecule has 0 heterocycles. The maximum atomic E-state index is 4.55. The Morgan fingerprint density at radius 2 is 2.12 bits per heavy atom. The van der Waals surface area contributed by atoms with E-state index in [9.17, 15) is 0 Å². The Bertz CT molecular complexity index is 37.0. The fourth-order valence-corrected chi connectivity index (χ4v) is 0.227. The SMILES string of the molecule is CCOOCNNC. The summed E-state index contributed by atoms with van der Waals surface area (Å²) in [6.07, 6.45) is 0. The lowest BCUT2D eigenvalue weighted by Gasteiger charge is -2.00. The molecule has 8 heavy (non-hydrogen) atoms. The number of hydrogen-bond acceptors (Lipinski definition) is 4. The van der Waals surface area contributed by atoms with Crippen molar-refractivity contribution in [2.45, 2.75) is 6.92 Å². The van der Waals surface area contributed by atoms with Crippen molar-refractivity contribution in [1.82, 2.24) is 10.9 Å². The second-order valence-corrected chi connectivity index (χ2v) is 1.10. The van der Waals surface area contributed by atoms with Crippen molar-refractivity contribution in [2.24, 2.45) is 0 Å². The summed E-state index contributed by atoms with van der Waals surface area (Å²) in [5, 5.41) is 0. The molecule has 0 radical (unpaired) electrons. The van der Waals surface area contributed by atoms with E-state index < -0.39 is 0 Å². The van der Waals surface area contributed by atoms with Gasteiger partial charge in [0.15, 0.2) is 0 Å². The van der Waals surface area contributed by atoms with Gasteiger partial charge in [-0.3, -0.25) is 5.43 Å². The Labute approximate surface area is 49.1 Å². The molecule has 0 saturated heterocycles. The summed E-state index contributed by atoms with van der Waals surface area (Å²) < 4.78 is 0. The summed E-state index contributed by atoms with van der Waals surface area (Å²) >= 11 is 0. The van der Waals surface area contributed by atoms with Crippen LogP contribution in [0.25, 0.3) is 0 Å². The molecule has 4 nitrogen and oxygen atoms in total. The molecule has 0 bridgehead atoms. The monoisotopic (exact) mass is 120 g/mol. The molecule has 0 aromatic rings. The molecule has 0 saturated carbocycles. The molecule has 4 heteroatoms. The average molecular weight is 120 g/mol. The van der Waals surface area contributed by atoms with Crippen LogP contribution in [0.2, 0.25) is 0 Å². The molecule has 0 spiro atoms. The molecule has 0 atom stereocenters. The van der Waals surface area contributed by atoms with Crippen LogP contribution in [0, 0.1) is 0 Å². The summed E-state index contributed by atoms with van der Waals surface area (Å²) in [5.74, 6) is 0. The average Bonchev–Trinajstić information content (AvgIpc) is 1.81. The molecule has 0 aliphatic rings. The fourth-order valence-electron chi connectivity index (χ4n) is 0.227. The topological polar surface area (TPSA) is 42.5 Å². The minimum Gasteiger partial charge on any atom is -0.259 e. The lowest BCUT2D eigenvalue weighted by molar-refractivity contribution is -0.296. The van der Waals surface area contributed by atoms with Crippen molar-refractivity contribution in [2.75, 3.05) is 20.4 Å². The lowest BCUT2D eigenvalue weighted by atomic mass is 10.9. The van der Waals surface area contributed by atoms with Crippen molar-refractivity contribution < 1.29 is 9.78 Å². The lowest BCUT2D eigenvalue weighted by Crippen LogP contribution is -2.29. The highest BCUT2D eigenvalue weighted by atomic mass is 17.2. The van der Waals surface area contributed by atoms with Crippen molar-refractivity contribution in [3.8, 4) is 0 Å². The first-order chi connectivity index (χ1) is 3.91. The molecule has 0 aliphatic carbocycles. The molecule has 0 fully saturated rings. The van der Waals surface area contributed by atoms with Gasteiger partial charge < -0.3 is 0 Å². The number of hydrogen-bond donors (Lipinski definition) is 2. The molecule has 2 N–H and O–H groups in total. The summed E-state index contributed by atoms with van der Waals surface area (Å²) in [6, 6.07) is 0. The molecule has 0 aliphatic heterocycles. The third kappa shape index (κ3) is 5.84. The highest BCUT2D eigenvalue weighted by Crippen LogP contribution is 1.70. The summed E-state index contributed by atoms with van der Waals surface area (Å²) in [6.45, 7) is 2.80. The smallest absolute Gasteiger partial charge is 0.145 e. The van der Waals surface area contributed by atoms with Crippen LogP contribution in [-0.2, 0) is 9.78 Å². The second kappa shape index (κ2) is 6.84. The maximum absolute atomic E-state index is 4.55. The number of rotatable bonds is 5. The van der Waals surface area contributed by atoms with Gasteiger partial charge in [0.2, 0.25) is 0 Å². The summed E-state index contributed by atoms with van der Waals surface area (Å²) in [4.78, 5) is 9.08. The van der Waals surface area contributed by atoms with Crippen LogP contribution in [0.15, 0.2) is 0 Å². The zero-order valence-electron chi connectivity index (χ0n) is 5.23. The fraction of sp³-hybridized carbons (Fsp3) is 1.00. The third-order valence-electron chi connectivity index (χ3n) is 0.509. The van der Waals surface area contributed by atoms with E-state index in [0.717, 1.165) is 0 Å². The van der Waals surface area contributed by atoms with E-state index in [1.165, 1.54) is 0 Å². The Balaban J connectivity index is 2.53. The highest BCUT2D eigenvalue weighted by molar-refractivity contribution is 4.10. The minimum atomic E-state index is 0.365. The zero-order valence-corrected chi connectivity index (χ0v) is 5.23. The van der Waals surface area contributed by atoms with Crippen molar-refractivity contribution in [3.63, 3.8) is 0 Å². The molecule has 0 unspecified atom stereocenters. The summed E-state index contributed by atoms with van der Waals surface area (Å²) in [7, 11) is 1.76. The largest absolute Gasteiger partial charge is 0.259 e. The number of nitrogens with one attached hydrogen (secondary N) is 2. The van der Waals surface area contributed by atoms with Gasteiger partial charge in [0.25, 0.3) is 0 Å². The Hall–Kier alpha value is -0.160. The molecular formula is C4H12N2O2. The molecule has 0 aromatic carbocycles. The van der Waals surface area contributed by atoms with E-state index >= 15 is 0 Å². The van der Waals surface area contributed by atoms with Crippen LogP contribution in [0.5, 0.6) is 0 Å². The highest BCUT2D eigenvalue weighted by Gasteiger charge is 1.78. The standard InChI is InChI=1S/C4H12N2O2/c1-3-7-8-4-6-5-2/h5-6H,3-4H2,1-2H3. The van der Waals surface area contributed by atoms with Crippen LogP contribution < -0.4 is 10.9 Å². The maximum Gasteiger partial charge on any atom is 0.145 e. The Kier molecular flexibility index (Phi) is 6.70. The van der Waals surface area contributed by atoms with E-state index in [-0.39, 0.29) is 0 Å². The first kappa shape index (κ1) is 7.84. The van der Waals surface area contributed by atoms with E-state index in [2.05, 4.69) is 20.6 Å². The van der Waals surface area contributed by atoms with Crippen LogP contribution in [0.4, 0.5) is 0 Å². The minimum absolute atomic E-state index is 0.365. The van der Waals surface area contributed by atoms with E-state index in [4.69, 9.17) is 0 Å². The van der Waals surface area contributed by atoms with Crippen LogP contribution in [0.3, 0.4) is 0 Å². The molecule has 0 amide bonds. The molecular weight excluding hydrogens is 108 g/mol. The van der Waals surface area contributed by atoms with Gasteiger partial charge in [-0.05, 0) is 14.0 Å². The van der Waals surface area contributed by atoms with Gasteiger partial charge in [0.05, 0.1) is 6.61 Å². The van der Waals surface area contributed by atoms with Gasteiger partial charge in [-0.15, -0.1) is 0 Å². The van der Waals surface area contributed by atoms with Crippen molar-refractivity contribution >= 4 is 0 Å². The third-order valence-corrected chi connectivity index (χ3v) is 0.509. The van der Waals surface area contributed by atoms with E-state index in [1.807, 2.05) is 6.92 Å². The quantitative estimate of drug-likeness (QED) is 0.225. The van der Waals surface area contributed by atoms with Gasteiger partial charge in [-0.25, -0.2) is 15.2 Å². The molecule has 0 rings (SSSR count).